The summed E-state index contributed by atoms with van der Waals surface area (Å²) in [6, 6.07) is 6.36. The van der Waals surface area contributed by atoms with E-state index in [1.54, 1.807) is 25.3 Å². The maximum absolute atomic E-state index is 14.7. The van der Waals surface area contributed by atoms with Gasteiger partial charge in [-0.1, -0.05) is 24.6 Å². The van der Waals surface area contributed by atoms with Gasteiger partial charge in [-0.05, 0) is 24.6 Å². The van der Waals surface area contributed by atoms with Gasteiger partial charge in [-0.15, -0.1) is 0 Å². The Bertz CT molecular complexity index is 1150. The van der Waals surface area contributed by atoms with E-state index in [0.717, 1.165) is 6.20 Å². The summed E-state index contributed by atoms with van der Waals surface area (Å²) in [7, 11) is 1.62. The van der Waals surface area contributed by atoms with Crippen molar-refractivity contribution >= 4 is 28.9 Å². The number of pyridine rings is 1. The second-order valence-electron chi connectivity index (χ2n) is 7.73. The first-order valence-corrected chi connectivity index (χ1v) is 10.1. The SMILES string of the molecule is COCC[C@@]1(C)CNC(=O)c2c1[nH]c(-c1ccncc1F)c2Nc1cccc(Cl)c1O. The molecule has 1 aliphatic rings. The van der Waals surface area contributed by atoms with E-state index in [1.807, 2.05) is 6.92 Å². The van der Waals surface area contributed by atoms with Crippen molar-refractivity contribution in [2.75, 3.05) is 25.6 Å². The standard InChI is InChI=1S/C22H22ClFN4O3/c1-22(7-9-31-2)11-26-21(30)16-18(27-15-5-3-4-13(23)19(15)29)17(28-20(16)22)12-6-8-25-10-14(12)24/h3-6,8,10,27-29H,7,9,11H2,1-2H3,(H,26,30)/t22-/m0/s1. The Kier molecular flexibility index (Phi) is 5.60. The molecule has 4 rings (SSSR count). The van der Waals surface area contributed by atoms with Gasteiger partial charge in [0, 0.05) is 43.1 Å². The molecule has 3 heterocycles. The zero-order valence-corrected chi connectivity index (χ0v) is 17.8. The fourth-order valence-electron chi connectivity index (χ4n) is 3.83. The van der Waals surface area contributed by atoms with Crippen LogP contribution in [0.15, 0.2) is 36.7 Å². The summed E-state index contributed by atoms with van der Waals surface area (Å²) in [5.74, 6) is -1.01. The van der Waals surface area contributed by atoms with Gasteiger partial charge in [0.05, 0.1) is 33.9 Å². The third kappa shape index (κ3) is 3.73. The molecule has 9 heteroatoms. The van der Waals surface area contributed by atoms with Crippen molar-refractivity contribution in [2.45, 2.75) is 18.8 Å². The number of phenols is 1. The van der Waals surface area contributed by atoms with E-state index in [1.165, 1.54) is 12.3 Å². The molecule has 1 atom stereocenters. The number of para-hydroxylation sites is 1. The predicted octanol–water partition coefficient (Wildman–Crippen LogP) is 4.36. The van der Waals surface area contributed by atoms with E-state index < -0.39 is 11.2 Å². The van der Waals surface area contributed by atoms with Crippen molar-refractivity contribution < 1.29 is 19.0 Å². The molecule has 0 saturated carbocycles. The Labute approximate surface area is 183 Å². The number of amides is 1. The molecule has 4 N–H and O–H groups in total. The molecule has 1 aliphatic heterocycles. The summed E-state index contributed by atoms with van der Waals surface area (Å²) >= 11 is 6.05. The van der Waals surface area contributed by atoms with E-state index in [9.17, 15) is 14.3 Å². The predicted molar refractivity (Wildman–Crippen MR) is 117 cm³/mol. The first-order chi connectivity index (χ1) is 14.9. The summed E-state index contributed by atoms with van der Waals surface area (Å²) in [5.41, 5.74) is 1.83. The van der Waals surface area contributed by atoms with Gasteiger partial charge < -0.3 is 25.5 Å². The highest BCUT2D eigenvalue weighted by molar-refractivity contribution is 6.32. The molecule has 0 aliphatic carbocycles. The van der Waals surface area contributed by atoms with Crippen molar-refractivity contribution in [2.24, 2.45) is 0 Å². The van der Waals surface area contributed by atoms with Gasteiger partial charge in [0.15, 0.2) is 11.6 Å². The maximum atomic E-state index is 14.7. The van der Waals surface area contributed by atoms with Crippen LogP contribution in [0.1, 0.15) is 29.4 Å². The molecule has 0 fully saturated rings. The average Bonchev–Trinajstić information content (AvgIpc) is 3.14. The lowest BCUT2D eigenvalue weighted by Crippen LogP contribution is -2.45. The fourth-order valence-corrected chi connectivity index (χ4v) is 4.00. The van der Waals surface area contributed by atoms with Crippen molar-refractivity contribution in [3.8, 4) is 17.0 Å². The molecule has 0 spiro atoms. The summed E-state index contributed by atoms with van der Waals surface area (Å²) in [4.78, 5) is 20.0. The van der Waals surface area contributed by atoms with E-state index in [4.69, 9.17) is 16.3 Å². The average molecular weight is 445 g/mol. The normalized spacial score (nSPS) is 17.9. The number of benzene rings is 1. The summed E-state index contributed by atoms with van der Waals surface area (Å²) < 4.78 is 20.0. The lowest BCUT2D eigenvalue weighted by Gasteiger charge is -2.34. The molecule has 162 valence electrons. The number of fused-ring (bicyclic) bond motifs is 1. The molecule has 7 nitrogen and oxygen atoms in total. The van der Waals surface area contributed by atoms with Crippen LogP contribution in [0.5, 0.6) is 5.75 Å². The highest BCUT2D eigenvalue weighted by Gasteiger charge is 2.40. The zero-order valence-electron chi connectivity index (χ0n) is 17.1. The summed E-state index contributed by atoms with van der Waals surface area (Å²) in [6.07, 6.45) is 3.22. The number of hydrogen-bond acceptors (Lipinski definition) is 5. The number of nitrogens with one attached hydrogen (secondary N) is 3. The number of halogens is 2. The number of carbonyl (C=O) groups is 1. The number of carbonyl (C=O) groups excluding carboxylic acids is 1. The monoisotopic (exact) mass is 444 g/mol. The minimum Gasteiger partial charge on any atom is -0.504 e. The van der Waals surface area contributed by atoms with Crippen LogP contribution in [-0.4, -0.2) is 41.2 Å². The molecular formula is C22H22ClFN4O3. The van der Waals surface area contributed by atoms with Gasteiger partial charge in [-0.2, -0.15) is 0 Å². The second-order valence-corrected chi connectivity index (χ2v) is 8.13. The van der Waals surface area contributed by atoms with E-state index >= 15 is 0 Å². The van der Waals surface area contributed by atoms with Crippen LogP contribution < -0.4 is 10.6 Å². The first-order valence-electron chi connectivity index (χ1n) is 9.73. The minimum atomic E-state index is -0.543. The minimum absolute atomic E-state index is 0.153. The lowest BCUT2D eigenvalue weighted by molar-refractivity contribution is 0.0913. The van der Waals surface area contributed by atoms with Crippen LogP contribution in [0.25, 0.3) is 11.3 Å². The molecule has 1 amide bonds. The number of aromatic amines is 1. The van der Waals surface area contributed by atoms with Crippen LogP contribution in [0.3, 0.4) is 0 Å². The van der Waals surface area contributed by atoms with Crippen molar-refractivity contribution in [3.05, 3.63) is 58.8 Å². The molecule has 0 bridgehead atoms. The van der Waals surface area contributed by atoms with Gasteiger partial charge in [-0.25, -0.2) is 4.39 Å². The number of nitrogens with zero attached hydrogens (tertiary/aromatic N) is 1. The highest BCUT2D eigenvalue weighted by Crippen LogP contribution is 2.44. The van der Waals surface area contributed by atoms with Gasteiger partial charge in [0.2, 0.25) is 0 Å². The van der Waals surface area contributed by atoms with Gasteiger partial charge in [0.25, 0.3) is 5.91 Å². The second kappa shape index (κ2) is 8.20. The largest absolute Gasteiger partial charge is 0.504 e. The quantitative estimate of drug-likeness (QED) is 0.423. The number of phenolic OH excluding ortho intramolecular Hbond substituents is 1. The highest BCUT2D eigenvalue weighted by atomic mass is 35.5. The van der Waals surface area contributed by atoms with E-state index in [2.05, 4.69) is 20.6 Å². The van der Waals surface area contributed by atoms with Crippen molar-refractivity contribution in [3.63, 3.8) is 0 Å². The number of ether oxygens (including phenoxy) is 1. The van der Waals surface area contributed by atoms with E-state index in [-0.39, 0.29) is 22.2 Å². The molecule has 2 aromatic heterocycles. The maximum Gasteiger partial charge on any atom is 0.255 e. The van der Waals surface area contributed by atoms with Crippen LogP contribution in [0.2, 0.25) is 5.02 Å². The van der Waals surface area contributed by atoms with Crippen LogP contribution in [0.4, 0.5) is 15.8 Å². The zero-order chi connectivity index (χ0) is 22.2. The van der Waals surface area contributed by atoms with Crippen molar-refractivity contribution in [1.82, 2.24) is 15.3 Å². The topological polar surface area (TPSA) is 99.3 Å². The van der Waals surface area contributed by atoms with E-state index in [0.29, 0.717) is 47.9 Å². The number of H-pyrrole nitrogens is 1. The molecule has 31 heavy (non-hydrogen) atoms. The Morgan fingerprint density at radius 2 is 2.19 bits per heavy atom. The molecule has 1 aromatic carbocycles. The molecule has 0 saturated heterocycles. The molecule has 3 aromatic rings. The fraction of sp³-hybridized carbons (Fsp3) is 0.273. The van der Waals surface area contributed by atoms with Crippen LogP contribution >= 0.6 is 11.6 Å². The first kappa shape index (κ1) is 21.1. The Morgan fingerprint density at radius 3 is 2.94 bits per heavy atom. The molecule has 0 unspecified atom stereocenters. The number of hydrogen-bond donors (Lipinski definition) is 4. The number of aromatic nitrogens is 2. The Hall–Kier alpha value is -3.10. The summed E-state index contributed by atoms with van der Waals surface area (Å²) in [5, 5.41) is 16.6. The number of rotatable bonds is 6. The third-order valence-corrected chi connectivity index (χ3v) is 5.92. The number of aromatic hydroxyl groups is 1. The molecule has 0 radical (unpaired) electrons. The van der Waals surface area contributed by atoms with Gasteiger partial charge in [0.1, 0.15) is 0 Å². The Morgan fingerprint density at radius 1 is 1.39 bits per heavy atom. The smallest absolute Gasteiger partial charge is 0.255 e. The van der Waals surface area contributed by atoms with Crippen LogP contribution in [-0.2, 0) is 10.2 Å². The van der Waals surface area contributed by atoms with Gasteiger partial charge >= 0.3 is 0 Å². The lowest BCUT2D eigenvalue weighted by atomic mass is 9.79. The third-order valence-electron chi connectivity index (χ3n) is 5.62. The number of methoxy groups -OCH3 is 1. The summed E-state index contributed by atoms with van der Waals surface area (Å²) in [6.45, 7) is 2.90. The van der Waals surface area contributed by atoms with Crippen molar-refractivity contribution in [1.29, 1.82) is 0 Å². The molecular weight excluding hydrogens is 423 g/mol. The van der Waals surface area contributed by atoms with Gasteiger partial charge in [-0.3, -0.25) is 9.78 Å². The number of anilines is 2. The Balaban J connectivity index is 1.94. The van der Waals surface area contributed by atoms with Crippen LogP contribution in [0, 0.1) is 5.82 Å².